The van der Waals surface area contributed by atoms with Crippen molar-refractivity contribution in [2.24, 2.45) is 5.73 Å². The average molecular weight is 252 g/mol. The fourth-order valence-electron chi connectivity index (χ4n) is 1.47. The Morgan fingerprint density at radius 3 is 2.83 bits per heavy atom. The number of nitrogens with two attached hydrogens (primary N) is 1. The Kier molecular flexibility index (Phi) is 6.18. The second kappa shape index (κ2) is 7.68. The summed E-state index contributed by atoms with van der Waals surface area (Å²) in [5, 5.41) is 2.68. The minimum absolute atomic E-state index is 0.0204. The van der Waals surface area contributed by atoms with E-state index >= 15 is 0 Å². The number of amides is 1. The van der Waals surface area contributed by atoms with Gasteiger partial charge in [-0.1, -0.05) is 18.2 Å². The number of nitrogens with one attached hydrogen (secondary N) is 1. The van der Waals surface area contributed by atoms with Crippen molar-refractivity contribution < 1.29 is 14.3 Å². The van der Waals surface area contributed by atoms with Crippen LogP contribution in [0, 0.1) is 0 Å². The van der Waals surface area contributed by atoms with E-state index in [9.17, 15) is 4.79 Å². The van der Waals surface area contributed by atoms with Crippen molar-refractivity contribution in [1.82, 2.24) is 5.32 Å². The monoisotopic (exact) mass is 252 g/mol. The van der Waals surface area contributed by atoms with Gasteiger partial charge >= 0.3 is 0 Å². The second-order valence-electron chi connectivity index (χ2n) is 3.96. The van der Waals surface area contributed by atoms with Gasteiger partial charge < -0.3 is 20.5 Å². The van der Waals surface area contributed by atoms with Crippen LogP contribution in [-0.4, -0.2) is 32.8 Å². The molecule has 5 nitrogen and oxygen atoms in total. The molecule has 1 amide bonds. The highest BCUT2D eigenvalue weighted by Gasteiger charge is 2.08. The fourth-order valence-corrected chi connectivity index (χ4v) is 1.47. The third-order valence-electron chi connectivity index (χ3n) is 2.40. The van der Waals surface area contributed by atoms with Crippen molar-refractivity contribution in [2.45, 2.75) is 13.0 Å². The van der Waals surface area contributed by atoms with Gasteiger partial charge in [0.2, 0.25) is 0 Å². The van der Waals surface area contributed by atoms with E-state index in [2.05, 4.69) is 5.32 Å². The molecule has 0 spiro atoms. The van der Waals surface area contributed by atoms with E-state index in [4.69, 9.17) is 15.2 Å². The molecule has 1 aromatic carbocycles. The number of hydrogen-bond donors (Lipinski definition) is 2. The number of benzene rings is 1. The molecule has 1 rings (SSSR count). The van der Waals surface area contributed by atoms with Gasteiger partial charge in [0.25, 0.3) is 5.91 Å². The molecule has 0 fully saturated rings. The average Bonchev–Trinajstić information content (AvgIpc) is 2.37. The molecule has 0 radical (unpaired) electrons. The first-order chi connectivity index (χ1) is 8.65. The van der Waals surface area contributed by atoms with Gasteiger partial charge in [-0.25, -0.2) is 0 Å². The molecule has 0 aromatic heterocycles. The predicted molar refractivity (Wildman–Crippen MR) is 69.4 cm³/mol. The third kappa shape index (κ3) is 4.73. The highest BCUT2D eigenvalue weighted by molar-refractivity contribution is 5.77. The number of carbonyl (C=O) groups excluding carboxylic acids is 1. The van der Waals surface area contributed by atoms with Crippen molar-refractivity contribution >= 4 is 5.91 Å². The van der Waals surface area contributed by atoms with Crippen LogP contribution in [0.2, 0.25) is 0 Å². The molecular formula is C13H20N2O3. The summed E-state index contributed by atoms with van der Waals surface area (Å²) in [5.74, 6) is 0.473. The van der Waals surface area contributed by atoms with E-state index in [1.165, 1.54) is 0 Å². The normalized spacial score (nSPS) is 11.9. The summed E-state index contributed by atoms with van der Waals surface area (Å²) < 4.78 is 10.3. The molecule has 100 valence electrons. The lowest BCUT2D eigenvalue weighted by atomic mass is 10.1. The largest absolute Gasteiger partial charge is 0.483 e. The summed E-state index contributed by atoms with van der Waals surface area (Å²) >= 11 is 0. The Morgan fingerprint density at radius 1 is 1.44 bits per heavy atom. The lowest BCUT2D eigenvalue weighted by Gasteiger charge is -2.13. The summed E-state index contributed by atoms with van der Waals surface area (Å²) in [4.78, 5) is 11.4. The van der Waals surface area contributed by atoms with Crippen molar-refractivity contribution in [3.63, 3.8) is 0 Å². The van der Waals surface area contributed by atoms with E-state index in [1.807, 2.05) is 25.1 Å². The summed E-state index contributed by atoms with van der Waals surface area (Å²) in [5.41, 5.74) is 6.71. The van der Waals surface area contributed by atoms with Gasteiger partial charge in [-0.05, 0) is 13.0 Å². The molecule has 1 unspecified atom stereocenters. The zero-order valence-electron chi connectivity index (χ0n) is 10.8. The summed E-state index contributed by atoms with van der Waals surface area (Å²) in [6, 6.07) is 7.32. The Morgan fingerprint density at radius 2 is 2.17 bits per heavy atom. The van der Waals surface area contributed by atoms with Gasteiger partial charge in [-0.3, -0.25) is 4.79 Å². The second-order valence-corrected chi connectivity index (χ2v) is 3.96. The Balaban J connectivity index is 2.45. The van der Waals surface area contributed by atoms with Gasteiger partial charge in [0.1, 0.15) is 5.75 Å². The molecule has 0 bridgehead atoms. The summed E-state index contributed by atoms with van der Waals surface area (Å²) in [6.45, 7) is 2.82. The lowest BCUT2D eigenvalue weighted by molar-refractivity contribution is -0.123. The smallest absolute Gasteiger partial charge is 0.258 e. The Hall–Kier alpha value is -1.59. The first-order valence-electron chi connectivity index (χ1n) is 5.88. The van der Waals surface area contributed by atoms with Crippen LogP contribution >= 0.6 is 0 Å². The lowest BCUT2D eigenvalue weighted by Crippen LogP contribution is -2.31. The van der Waals surface area contributed by atoms with Crippen LogP contribution in [0.4, 0.5) is 0 Å². The van der Waals surface area contributed by atoms with E-state index in [1.54, 1.807) is 13.2 Å². The summed E-state index contributed by atoms with van der Waals surface area (Å²) in [6.07, 6.45) is 0. The molecule has 0 aliphatic heterocycles. The Labute approximate surface area is 107 Å². The molecule has 1 aromatic rings. The van der Waals surface area contributed by atoms with Crippen LogP contribution in [0.1, 0.15) is 18.5 Å². The van der Waals surface area contributed by atoms with Crippen molar-refractivity contribution in [1.29, 1.82) is 0 Å². The van der Waals surface area contributed by atoms with E-state index in [0.29, 0.717) is 18.9 Å². The first kappa shape index (κ1) is 14.5. The zero-order chi connectivity index (χ0) is 13.4. The number of hydrogen-bond acceptors (Lipinski definition) is 4. The van der Waals surface area contributed by atoms with Crippen LogP contribution in [0.5, 0.6) is 5.75 Å². The van der Waals surface area contributed by atoms with Gasteiger partial charge in [0.15, 0.2) is 6.61 Å². The minimum atomic E-state index is -0.175. The Bertz CT molecular complexity index is 380. The van der Waals surface area contributed by atoms with Gasteiger partial charge in [0.05, 0.1) is 6.61 Å². The molecule has 0 aliphatic rings. The van der Waals surface area contributed by atoms with Crippen LogP contribution in [0.25, 0.3) is 0 Å². The molecule has 5 heteroatoms. The van der Waals surface area contributed by atoms with Crippen LogP contribution in [0.15, 0.2) is 24.3 Å². The van der Waals surface area contributed by atoms with Crippen molar-refractivity contribution in [2.75, 3.05) is 26.9 Å². The van der Waals surface area contributed by atoms with Crippen LogP contribution < -0.4 is 15.8 Å². The van der Waals surface area contributed by atoms with Crippen LogP contribution in [0.3, 0.4) is 0 Å². The third-order valence-corrected chi connectivity index (χ3v) is 2.40. The number of carbonyl (C=O) groups is 1. The molecule has 0 heterocycles. The number of ether oxygens (including phenoxy) is 2. The molecule has 1 atom stereocenters. The molecule has 18 heavy (non-hydrogen) atoms. The van der Waals surface area contributed by atoms with Gasteiger partial charge in [-0.2, -0.15) is 0 Å². The first-order valence-corrected chi connectivity index (χ1v) is 5.88. The molecule has 3 N–H and O–H groups in total. The van der Waals surface area contributed by atoms with Crippen molar-refractivity contribution in [3.05, 3.63) is 29.8 Å². The van der Waals surface area contributed by atoms with E-state index in [-0.39, 0.29) is 18.6 Å². The predicted octanol–water partition coefficient (Wildman–Crippen LogP) is 0.848. The topological polar surface area (TPSA) is 73.6 Å². The highest BCUT2D eigenvalue weighted by atomic mass is 16.5. The van der Waals surface area contributed by atoms with E-state index < -0.39 is 0 Å². The summed E-state index contributed by atoms with van der Waals surface area (Å²) in [7, 11) is 1.58. The maximum absolute atomic E-state index is 11.4. The molecule has 0 aliphatic carbocycles. The molecular weight excluding hydrogens is 232 g/mol. The van der Waals surface area contributed by atoms with E-state index in [0.717, 1.165) is 5.56 Å². The van der Waals surface area contributed by atoms with Gasteiger partial charge in [-0.15, -0.1) is 0 Å². The standard InChI is InChI=1S/C13H20N2O3/c1-10(14)11-5-3-4-6-12(11)18-9-13(16)15-7-8-17-2/h3-6,10H,7-9,14H2,1-2H3,(H,15,16). The maximum Gasteiger partial charge on any atom is 0.258 e. The quantitative estimate of drug-likeness (QED) is 0.705. The van der Waals surface area contributed by atoms with Gasteiger partial charge in [0, 0.05) is 25.3 Å². The SMILES string of the molecule is COCCNC(=O)COc1ccccc1C(C)N. The number of rotatable bonds is 7. The highest BCUT2D eigenvalue weighted by Crippen LogP contribution is 2.22. The van der Waals surface area contributed by atoms with Crippen molar-refractivity contribution in [3.8, 4) is 5.75 Å². The number of para-hydroxylation sites is 1. The van der Waals surface area contributed by atoms with Crippen LogP contribution in [-0.2, 0) is 9.53 Å². The number of methoxy groups -OCH3 is 1. The molecule has 0 saturated heterocycles. The fraction of sp³-hybridized carbons (Fsp3) is 0.462. The maximum atomic E-state index is 11.4. The zero-order valence-corrected chi connectivity index (χ0v) is 10.8. The minimum Gasteiger partial charge on any atom is -0.483 e. The molecule has 0 saturated carbocycles.